The number of rotatable bonds is 8. The van der Waals surface area contributed by atoms with Crippen molar-refractivity contribution in [2.24, 2.45) is 0 Å². The lowest BCUT2D eigenvalue weighted by atomic mass is 10.1. The third-order valence-electron chi connectivity index (χ3n) is 4.12. The van der Waals surface area contributed by atoms with Crippen LogP contribution >= 0.6 is 11.3 Å². The highest BCUT2D eigenvalue weighted by Gasteiger charge is 2.23. The Balaban J connectivity index is 1.64. The number of aryl methyl sites for hydroxylation is 1. The molecule has 3 rings (SSSR count). The smallest absolute Gasteiger partial charge is 0.341 e. The molecule has 1 amide bonds. The van der Waals surface area contributed by atoms with Crippen molar-refractivity contribution in [1.82, 2.24) is 20.2 Å². The maximum Gasteiger partial charge on any atom is 0.341 e. The number of tetrazole rings is 1. The van der Waals surface area contributed by atoms with E-state index in [1.54, 1.807) is 31.2 Å². The number of nitrogens with zero attached hydrogens (tertiary/aromatic N) is 4. The second-order valence-electron chi connectivity index (χ2n) is 6.01. The lowest BCUT2D eigenvalue weighted by molar-refractivity contribution is -0.118. The van der Waals surface area contributed by atoms with Gasteiger partial charge >= 0.3 is 5.97 Å². The molecule has 152 valence electrons. The molecule has 0 saturated heterocycles. The molecule has 10 heteroatoms. The first kappa shape index (κ1) is 20.5. The van der Waals surface area contributed by atoms with E-state index in [9.17, 15) is 9.59 Å². The van der Waals surface area contributed by atoms with Crippen molar-refractivity contribution in [3.8, 4) is 11.4 Å². The Hall–Kier alpha value is -3.27. The molecule has 0 saturated carbocycles. The number of carbonyl (C=O) groups is 2. The van der Waals surface area contributed by atoms with Crippen molar-refractivity contribution in [3.05, 3.63) is 46.6 Å². The predicted octanol–water partition coefficient (Wildman–Crippen LogP) is 2.79. The number of anilines is 1. The van der Waals surface area contributed by atoms with Gasteiger partial charge in [-0.2, -0.15) is 0 Å². The highest BCUT2D eigenvalue weighted by atomic mass is 32.1. The fraction of sp³-hybridized carbons (Fsp3) is 0.316. The van der Waals surface area contributed by atoms with Gasteiger partial charge in [0.2, 0.25) is 0 Å². The Morgan fingerprint density at radius 2 is 1.97 bits per heavy atom. The summed E-state index contributed by atoms with van der Waals surface area (Å²) in [6, 6.07) is 6.99. The number of aromatic nitrogens is 4. The number of hydrogen-bond donors (Lipinski definition) is 1. The zero-order chi connectivity index (χ0) is 20.8. The largest absolute Gasteiger partial charge is 0.484 e. The quantitative estimate of drug-likeness (QED) is 0.564. The molecule has 0 atom stereocenters. The molecule has 9 nitrogen and oxygen atoms in total. The summed E-state index contributed by atoms with van der Waals surface area (Å²) in [5, 5.41) is 14.2. The predicted molar refractivity (Wildman–Crippen MR) is 108 cm³/mol. The number of ether oxygens (including phenoxy) is 2. The van der Waals surface area contributed by atoms with E-state index in [-0.39, 0.29) is 19.1 Å². The van der Waals surface area contributed by atoms with Crippen LogP contribution in [0.2, 0.25) is 0 Å². The van der Waals surface area contributed by atoms with Crippen LogP contribution in [0.25, 0.3) is 5.69 Å². The molecule has 0 unspecified atom stereocenters. The zero-order valence-electron chi connectivity index (χ0n) is 16.3. The van der Waals surface area contributed by atoms with Gasteiger partial charge in [-0.3, -0.25) is 4.79 Å². The van der Waals surface area contributed by atoms with Gasteiger partial charge in [-0.15, -0.1) is 16.4 Å². The molecule has 0 aliphatic carbocycles. The van der Waals surface area contributed by atoms with E-state index >= 15 is 0 Å². The van der Waals surface area contributed by atoms with Crippen molar-refractivity contribution in [2.45, 2.75) is 27.2 Å². The average Bonchev–Trinajstić information content (AvgIpc) is 3.35. The summed E-state index contributed by atoms with van der Waals surface area (Å²) < 4.78 is 12.2. The van der Waals surface area contributed by atoms with E-state index in [4.69, 9.17) is 9.47 Å². The van der Waals surface area contributed by atoms with Gasteiger partial charge < -0.3 is 14.8 Å². The van der Waals surface area contributed by atoms with Crippen molar-refractivity contribution in [1.29, 1.82) is 0 Å². The van der Waals surface area contributed by atoms with Crippen LogP contribution in [0.4, 0.5) is 5.00 Å². The van der Waals surface area contributed by atoms with E-state index in [0.29, 0.717) is 16.3 Å². The van der Waals surface area contributed by atoms with E-state index in [1.807, 2.05) is 13.8 Å². The van der Waals surface area contributed by atoms with Gasteiger partial charge in [0, 0.05) is 4.88 Å². The Morgan fingerprint density at radius 3 is 2.59 bits per heavy atom. The Labute approximate surface area is 171 Å². The van der Waals surface area contributed by atoms with Crippen LogP contribution in [0, 0.1) is 6.92 Å². The van der Waals surface area contributed by atoms with Crippen LogP contribution in [-0.2, 0) is 16.0 Å². The molecule has 2 heterocycles. The monoisotopic (exact) mass is 415 g/mol. The summed E-state index contributed by atoms with van der Waals surface area (Å²) in [5.41, 5.74) is 2.02. The number of amides is 1. The van der Waals surface area contributed by atoms with Gasteiger partial charge in [-0.1, -0.05) is 6.92 Å². The second kappa shape index (κ2) is 9.28. The molecule has 3 aromatic rings. The highest BCUT2D eigenvalue weighted by Crippen LogP contribution is 2.34. The van der Waals surface area contributed by atoms with Gasteiger partial charge in [0.05, 0.1) is 17.9 Å². The minimum Gasteiger partial charge on any atom is -0.484 e. The van der Waals surface area contributed by atoms with E-state index in [0.717, 1.165) is 22.5 Å². The van der Waals surface area contributed by atoms with E-state index < -0.39 is 5.97 Å². The van der Waals surface area contributed by atoms with Gasteiger partial charge in [0.25, 0.3) is 5.91 Å². The Morgan fingerprint density at radius 1 is 1.21 bits per heavy atom. The topological polar surface area (TPSA) is 108 Å². The number of hydrogen-bond acceptors (Lipinski definition) is 8. The molecule has 1 N–H and O–H groups in total. The Bertz CT molecular complexity index is 983. The highest BCUT2D eigenvalue weighted by molar-refractivity contribution is 7.17. The summed E-state index contributed by atoms with van der Waals surface area (Å²) in [6.45, 7) is 5.69. The van der Waals surface area contributed by atoms with Crippen LogP contribution in [0.15, 0.2) is 30.6 Å². The molecule has 29 heavy (non-hydrogen) atoms. The molecule has 0 aliphatic heterocycles. The van der Waals surface area contributed by atoms with Crippen molar-refractivity contribution in [3.63, 3.8) is 0 Å². The van der Waals surface area contributed by atoms with Crippen molar-refractivity contribution in [2.75, 3.05) is 18.5 Å². The summed E-state index contributed by atoms with van der Waals surface area (Å²) >= 11 is 1.38. The SMILES string of the molecule is CCOC(=O)c1c(NC(=O)COc2ccc(-n3cnnn3)cc2)sc(CC)c1C. The molecular weight excluding hydrogens is 394 g/mol. The Kier molecular flexibility index (Phi) is 6.55. The number of esters is 1. The van der Waals surface area contributed by atoms with Crippen molar-refractivity contribution < 1.29 is 19.1 Å². The molecule has 1 aromatic carbocycles. The lowest BCUT2D eigenvalue weighted by Crippen LogP contribution is -2.21. The van der Waals surface area contributed by atoms with Crippen LogP contribution in [-0.4, -0.2) is 45.3 Å². The lowest BCUT2D eigenvalue weighted by Gasteiger charge is -2.09. The van der Waals surface area contributed by atoms with Crippen LogP contribution in [0.3, 0.4) is 0 Å². The molecule has 2 aromatic heterocycles. The van der Waals surface area contributed by atoms with Gasteiger partial charge in [0.1, 0.15) is 17.1 Å². The van der Waals surface area contributed by atoms with Crippen molar-refractivity contribution >= 4 is 28.2 Å². The summed E-state index contributed by atoms with van der Waals surface area (Å²) in [4.78, 5) is 25.7. The normalized spacial score (nSPS) is 10.6. The molecule has 0 fully saturated rings. The van der Waals surface area contributed by atoms with E-state index in [1.165, 1.54) is 22.3 Å². The van der Waals surface area contributed by atoms with Gasteiger partial charge in [0.15, 0.2) is 6.61 Å². The first-order valence-corrected chi connectivity index (χ1v) is 9.90. The first-order valence-electron chi connectivity index (χ1n) is 9.08. The van der Waals surface area contributed by atoms with Gasteiger partial charge in [-0.25, -0.2) is 9.48 Å². The molecule has 0 radical (unpaired) electrons. The minimum atomic E-state index is -0.435. The van der Waals surface area contributed by atoms with Crippen LogP contribution < -0.4 is 10.1 Å². The first-order chi connectivity index (χ1) is 14.0. The summed E-state index contributed by atoms with van der Waals surface area (Å²) in [7, 11) is 0. The molecule has 0 bridgehead atoms. The third kappa shape index (κ3) is 4.77. The zero-order valence-corrected chi connectivity index (χ0v) is 17.2. The second-order valence-corrected chi connectivity index (χ2v) is 7.12. The standard InChI is InChI=1S/C19H21N5O4S/c1-4-15-12(3)17(19(26)27-5-2)18(29-15)21-16(25)10-28-14-8-6-13(7-9-14)24-11-20-22-23-24/h6-9,11H,4-5,10H2,1-3H3,(H,21,25). The fourth-order valence-electron chi connectivity index (χ4n) is 2.72. The number of nitrogens with one attached hydrogen (secondary N) is 1. The molecule has 0 spiro atoms. The summed E-state index contributed by atoms with van der Waals surface area (Å²) in [5.74, 6) is -0.265. The van der Waals surface area contributed by atoms with E-state index in [2.05, 4.69) is 20.8 Å². The fourth-order valence-corrected chi connectivity index (χ4v) is 3.87. The van der Waals surface area contributed by atoms with Crippen LogP contribution in [0.1, 0.15) is 34.6 Å². The van der Waals surface area contributed by atoms with Gasteiger partial charge in [-0.05, 0) is 60.5 Å². The summed E-state index contributed by atoms with van der Waals surface area (Å²) in [6.07, 6.45) is 2.25. The van der Waals surface area contributed by atoms with Crippen LogP contribution in [0.5, 0.6) is 5.75 Å². The molecule has 0 aliphatic rings. The number of thiophene rings is 1. The maximum atomic E-state index is 12.4. The average molecular weight is 415 g/mol. The number of carbonyl (C=O) groups excluding carboxylic acids is 2. The third-order valence-corrected chi connectivity index (χ3v) is 5.47. The molecular formula is C19H21N5O4S. The minimum absolute atomic E-state index is 0.190. The maximum absolute atomic E-state index is 12.4. The number of benzene rings is 1.